The number of aromatic hydroxyl groups is 1. The van der Waals surface area contributed by atoms with Gasteiger partial charge in [-0.1, -0.05) is 42.5 Å². The molecule has 3 aromatic carbocycles. The number of hydrogen-bond acceptors (Lipinski definition) is 2. The zero-order valence-electron chi connectivity index (χ0n) is 11.9. The number of halogens is 1. The summed E-state index contributed by atoms with van der Waals surface area (Å²) in [5.41, 5.74) is 2.22. The zero-order chi connectivity index (χ0) is 15.4. The van der Waals surface area contributed by atoms with Gasteiger partial charge in [-0.25, -0.2) is 4.39 Å². The van der Waals surface area contributed by atoms with Gasteiger partial charge in [-0.3, -0.25) is 0 Å². The van der Waals surface area contributed by atoms with Gasteiger partial charge in [-0.15, -0.1) is 0 Å². The van der Waals surface area contributed by atoms with Gasteiger partial charge in [0, 0.05) is 11.6 Å². The normalized spacial score (nSPS) is 10.4. The minimum Gasteiger partial charge on any atom is -0.508 e. The number of ether oxygens (including phenoxy) is 1. The highest BCUT2D eigenvalue weighted by Gasteiger charge is 2.07. The second-order valence-electron chi connectivity index (χ2n) is 4.97. The molecule has 0 aliphatic carbocycles. The van der Waals surface area contributed by atoms with E-state index in [1.165, 1.54) is 6.07 Å². The third-order valence-corrected chi connectivity index (χ3v) is 3.35. The molecule has 0 bridgehead atoms. The van der Waals surface area contributed by atoms with Crippen LogP contribution in [0.3, 0.4) is 0 Å². The number of phenols is 1. The fourth-order valence-electron chi connectivity index (χ4n) is 2.23. The van der Waals surface area contributed by atoms with Crippen molar-refractivity contribution in [2.45, 2.75) is 6.61 Å². The molecule has 1 N–H and O–H groups in total. The SMILES string of the molecule is Oc1ccc(-c2cccc(OCc3ccccc3)c2)c(F)c1. The second kappa shape index (κ2) is 6.31. The summed E-state index contributed by atoms with van der Waals surface area (Å²) in [6.07, 6.45) is 0. The van der Waals surface area contributed by atoms with Crippen molar-refractivity contribution in [1.82, 2.24) is 0 Å². The molecular formula is C19H15FO2. The Bertz CT molecular complexity index is 769. The van der Waals surface area contributed by atoms with Gasteiger partial charge in [0.15, 0.2) is 0 Å². The molecular weight excluding hydrogens is 279 g/mol. The molecule has 3 rings (SSSR count). The van der Waals surface area contributed by atoms with E-state index in [2.05, 4.69) is 0 Å². The fourth-order valence-corrected chi connectivity index (χ4v) is 2.23. The molecule has 0 amide bonds. The Labute approximate surface area is 128 Å². The third kappa shape index (κ3) is 3.26. The molecule has 3 aromatic rings. The molecule has 0 aliphatic rings. The molecule has 0 aromatic heterocycles. The first-order valence-electron chi connectivity index (χ1n) is 6.98. The van der Waals surface area contributed by atoms with Gasteiger partial charge in [0.2, 0.25) is 0 Å². The Morgan fingerprint density at radius 3 is 2.45 bits per heavy atom. The summed E-state index contributed by atoms with van der Waals surface area (Å²) in [6, 6.07) is 21.2. The van der Waals surface area contributed by atoms with Gasteiger partial charge < -0.3 is 9.84 Å². The summed E-state index contributed by atoms with van der Waals surface area (Å²) in [7, 11) is 0. The fraction of sp³-hybridized carbons (Fsp3) is 0.0526. The summed E-state index contributed by atoms with van der Waals surface area (Å²) in [5, 5.41) is 9.28. The predicted octanol–water partition coefficient (Wildman–Crippen LogP) is 4.78. The van der Waals surface area contributed by atoms with Crippen molar-refractivity contribution in [2.75, 3.05) is 0 Å². The van der Waals surface area contributed by atoms with E-state index < -0.39 is 5.82 Å². The van der Waals surface area contributed by atoms with E-state index in [0.29, 0.717) is 23.5 Å². The van der Waals surface area contributed by atoms with E-state index in [0.717, 1.165) is 11.6 Å². The van der Waals surface area contributed by atoms with Gasteiger partial charge in [-0.2, -0.15) is 0 Å². The van der Waals surface area contributed by atoms with Crippen molar-refractivity contribution in [3.63, 3.8) is 0 Å². The molecule has 110 valence electrons. The maximum atomic E-state index is 13.9. The van der Waals surface area contributed by atoms with Crippen LogP contribution in [0.2, 0.25) is 0 Å². The molecule has 0 unspecified atom stereocenters. The first-order chi connectivity index (χ1) is 10.7. The number of hydrogen-bond donors (Lipinski definition) is 1. The molecule has 0 atom stereocenters. The van der Waals surface area contributed by atoms with Crippen LogP contribution in [-0.4, -0.2) is 5.11 Å². The van der Waals surface area contributed by atoms with Crippen LogP contribution in [0.4, 0.5) is 4.39 Å². The first kappa shape index (κ1) is 14.1. The number of phenolic OH excluding ortho intramolecular Hbond substituents is 1. The highest BCUT2D eigenvalue weighted by Crippen LogP contribution is 2.28. The number of benzene rings is 3. The smallest absolute Gasteiger partial charge is 0.134 e. The van der Waals surface area contributed by atoms with E-state index in [9.17, 15) is 9.50 Å². The minimum atomic E-state index is -0.458. The molecule has 0 spiro atoms. The van der Waals surface area contributed by atoms with Gasteiger partial charge >= 0.3 is 0 Å². The quantitative estimate of drug-likeness (QED) is 0.750. The lowest BCUT2D eigenvalue weighted by molar-refractivity contribution is 0.306. The Hall–Kier alpha value is -2.81. The minimum absolute atomic E-state index is 0.0854. The van der Waals surface area contributed by atoms with Crippen molar-refractivity contribution in [2.24, 2.45) is 0 Å². The monoisotopic (exact) mass is 294 g/mol. The van der Waals surface area contributed by atoms with E-state index in [1.54, 1.807) is 12.1 Å². The Kier molecular flexibility index (Phi) is 4.05. The van der Waals surface area contributed by atoms with Crippen molar-refractivity contribution in [1.29, 1.82) is 0 Å². The summed E-state index contributed by atoms with van der Waals surface area (Å²) in [6.45, 7) is 0.461. The standard InChI is InChI=1S/C19H15FO2/c20-19-12-16(21)9-10-18(19)15-7-4-8-17(11-15)22-13-14-5-2-1-3-6-14/h1-12,21H,13H2. The number of rotatable bonds is 4. The van der Waals surface area contributed by atoms with Crippen LogP contribution < -0.4 is 4.74 Å². The van der Waals surface area contributed by atoms with Crippen LogP contribution >= 0.6 is 0 Å². The van der Waals surface area contributed by atoms with E-state index >= 15 is 0 Å². The van der Waals surface area contributed by atoms with E-state index in [1.807, 2.05) is 48.5 Å². The summed E-state index contributed by atoms with van der Waals surface area (Å²) < 4.78 is 19.7. The largest absolute Gasteiger partial charge is 0.508 e. The zero-order valence-corrected chi connectivity index (χ0v) is 11.9. The Morgan fingerprint density at radius 1 is 0.864 bits per heavy atom. The summed E-state index contributed by atoms with van der Waals surface area (Å²) in [5.74, 6) is 0.131. The van der Waals surface area contributed by atoms with Crippen LogP contribution in [0.15, 0.2) is 72.8 Å². The van der Waals surface area contributed by atoms with Crippen LogP contribution in [0.5, 0.6) is 11.5 Å². The predicted molar refractivity (Wildman–Crippen MR) is 84.3 cm³/mol. The maximum absolute atomic E-state index is 13.9. The molecule has 0 saturated heterocycles. The highest BCUT2D eigenvalue weighted by molar-refractivity contribution is 5.66. The maximum Gasteiger partial charge on any atom is 0.134 e. The van der Waals surface area contributed by atoms with Gasteiger partial charge in [0.1, 0.15) is 23.9 Å². The second-order valence-corrected chi connectivity index (χ2v) is 4.97. The first-order valence-corrected chi connectivity index (χ1v) is 6.98. The van der Waals surface area contributed by atoms with E-state index in [-0.39, 0.29) is 5.75 Å². The summed E-state index contributed by atoms with van der Waals surface area (Å²) >= 11 is 0. The van der Waals surface area contributed by atoms with Crippen LogP contribution in [0.25, 0.3) is 11.1 Å². The molecule has 0 aliphatic heterocycles. The summed E-state index contributed by atoms with van der Waals surface area (Å²) in [4.78, 5) is 0. The third-order valence-electron chi connectivity index (χ3n) is 3.35. The lowest BCUT2D eigenvalue weighted by atomic mass is 10.0. The lowest BCUT2D eigenvalue weighted by Gasteiger charge is -2.09. The molecule has 22 heavy (non-hydrogen) atoms. The molecule has 2 nitrogen and oxygen atoms in total. The molecule has 0 heterocycles. The molecule has 0 fully saturated rings. The van der Waals surface area contributed by atoms with Gasteiger partial charge in [0.05, 0.1) is 0 Å². The Balaban J connectivity index is 1.80. The van der Waals surface area contributed by atoms with Crippen molar-refractivity contribution in [3.05, 3.63) is 84.2 Å². The van der Waals surface area contributed by atoms with Gasteiger partial charge in [0.25, 0.3) is 0 Å². The average molecular weight is 294 g/mol. The average Bonchev–Trinajstić information content (AvgIpc) is 2.54. The van der Waals surface area contributed by atoms with Gasteiger partial charge in [-0.05, 0) is 35.4 Å². The molecule has 0 saturated carbocycles. The topological polar surface area (TPSA) is 29.5 Å². The van der Waals surface area contributed by atoms with Crippen molar-refractivity contribution < 1.29 is 14.2 Å². The van der Waals surface area contributed by atoms with Crippen molar-refractivity contribution in [3.8, 4) is 22.6 Å². The van der Waals surface area contributed by atoms with E-state index in [4.69, 9.17) is 4.74 Å². The molecule has 3 heteroatoms. The highest BCUT2D eigenvalue weighted by atomic mass is 19.1. The van der Waals surface area contributed by atoms with Crippen molar-refractivity contribution >= 4 is 0 Å². The lowest BCUT2D eigenvalue weighted by Crippen LogP contribution is -1.95. The van der Waals surface area contributed by atoms with Crippen LogP contribution in [-0.2, 0) is 6.61 Å². The van der Waals surface area contributed by atoms with Crippen LogP contribution in [0.1, 0.15) is 5.56 Å². The Morgan fingerprint density at radius 2 is 1.68 bits per heavy atom. The molecule has 0 radical (unpaired) electrons. The van der Waals surface area contributed by atoms with Crippen LogP contribution in [0, 0.1) is 5.82 Å².